The van der Waals surface area contributed by atoms with Gasteiger partial charge in [0.05, 0.1) is 28.6 Å². The summed E-state index contributed by atoms with van der Waals surface area (Å²) in [4.78, 5) is 33.0. The Kier molecular flexibility index (Phi) is 7.41. The number of methoxy groups -OCH3 is 1. The topological polar surface area (TPSA) is 201 Å². The van der Waals surface area contributed by atoms with Gasteiger partial charge in [0.2, 0.25) is 0 Å². The first kappa shape index (κ1) is 27.6. The molecular weight excluding hydrogens is 550 g/mol. The molecule has 4 rings (SSSR count). The Hall–Kier alpha value is -5.44. The molecule has 0 amide bonds. The molecule has 0 unspecified atom stereocenters. The molecule has 14 nitrogen and oxygen atoms in total. The number of ether oxygens (including phenoxy) is 1. The number of benzene rings is 3. The predicted molar refractivity (Wildman–Crippen MR) is 140 cm³/mol. The molecule has 206 valence electrons. The normalized spacial score (nSPS) is 11.7. The monoisotopic (exact) mass is 569 g/mol. The van der Waals surface area contributed by atoms with Gasteiger partial charge in [-0.1, -0.05) is 0 Å². The molecule has 1 heterocycles. The third-order valence-electron chi connectivity index (χ3n) is 5.52. The molecule has 0 aliphatic carbocycles. The van der Waals surface area contributed by atoms with Gasteiger partial charge in [-0.3, -0.25) is 25.0 Å². The quantitative estimate of drug-likeness (QED) is 0.0858. The van der Waals surface area contributed by atoms with E-state index >= 15 is 0 Å². The Bertz CT molecular complexity index is 1780. The highest BCUT2D eigenvalue weighted by molar-refractivity contribution is 7.87. The minimum absolute atomic E-state index is 0.0453. The molecule has 0 bridgehead atoms. The van der Waals surface area contributed by atoms with Gasteiger partial charge in [0, 0.05) is 41.7 Å². The van der Waals surface area contributed by atoms with E-state index in [0.717, 1.165) is 36.6 Å². The van der Waals surface area contributed by atoms with Crippen molar-refractivity contribution < 1.29 is 41.5 Å². The number of aromatic hydroxyl groups is 1. The number of fused-ring (bicyclic) bond motifs is 1. The summed E-state index contributed by atoms with van der Waals surface area (Å²) >= 11 is 0. The fourth-order valence-corrected chi connectivity index (χ4v) is 4.96. The summed E-state index contributed by atoms with van der Waals surface area (Å²) in [6.07, 6.45) is 2.20. The summed E-state index contributed by atoms with van der Waals surface area (Å²) in [5, 5.41) is 35.7. The zero-order valence-corrected chi connectivity index (χ0v) is 21.5. The molecule has 0 saturated carbocycles. The number of furan rings is 1. The first-order valence-electron chi connectivity index (χ1n) is 11.2. The first-order valence-corrected chi connectivity index (χ1v) is 12.6. The summed E-state index contributed by atoms with van der Waals surface area (Å²) in [7, 11) is -3.64. The van der Waals surface area contributed by atoms with Gasteiger partial charge in [-0.25, -0.2) is 0 Å². The maximum absolute atomic E-state index is 13.3. The van der Waals surface area contributed by atoms with Crippen molar-refractivity contribution >= 4 is 43.9 Å². The third kappa shape index (κ3) is 5.39. The van der Waals surface area contributed by atoms with Gasteiger partial charge >= 0.3 is 10.1 Å². The van der Waals surface area contributed by atoms with E-state index in [4.69, 9.17) is 13.3 Å². The molecule has 0 atom stereocenters. The van der Waals surface area contributed by atoms with E-state index in [2.05, 4.69) is 5.32 Å². The van der Waals surface area contributed by atoms with Crippen molar-refractivity contribution in [2.24, 2.45) is 0 Å². The van der Waals surface area contributed by atoms with Crippen LogP contribution in [0.4, 0.5) is 17.1 Å². The fourth-order valence-electron chi connectivity index (χ4n) is 3.79. The lowest BCUT2D eigenvalue weighted by molar-refractivity contribution is -0.385. The number of allylic oxidation sites excluding steroid dienone is 2. The van der Waals surface area contributed by atoms with Crippen molar-refractivity contribution in [1.82, 2.24) is 0 Å². The fraction of sp³-hybridized carbons (Fsp3) is 0.0800. The highest BCUT2D eigenvalue weighted by Gasteiger charge is 2.34. The molecule has 0 aliphatic rings. The number of hydrogen-bond acceptors (Lipinski definition) is 12. The minimum Gasteiger partial charge on any atom is -0.505 e. The van der Waals surface area contributed by atoms with Gasteiger partial charge in [-0.15, -0.1) is 0 Å². The molecule has 0 spiro atoms. The van der Waals surface area contributed by atoms with Gasteiger partial charge < -0.3 is 23.8 Å². The van der Waals surface area contributed by atoms with Crippen molar-refractivity contribution in [2.75, 3.05) is 12.4 Å². The van der Waals surface area contributed by atoms with Crippen LogP contribution in [0.5, 0.6) is 17.2 Å². The molecular formula is C25H19N3O11S. The van der Waals surface area contributed by atoms with Gasteiger partial charge in [-0.2, -0.15) is 8.42 Å². The van der Waals surface area contributed by atoms with Crippen LogP contribution < -0.4 is 14.2 Å². The Morgan fingerprint density at radius 2 is 1.57 bits per heavy atom. The van der Waals surface area contributed by atoms with Gasteiger partial charge in [0.1, 0.15) is 17.1 Å². The molecule has 0 aliphatic heterocycles. The predicted octanol–water partition coefficient (Wildman–Crippen LogP) is 4.93. The molecule has 15 heteroatoms. The van der Waals surface area contributed by atoms with Gasteiger partial charge in [0.15, 0.2) is 22.0 Å². The van der Waals surface area contributed by atoms with Crippen LogP contribution in [-0.4, -0.2) is 36.3 Å². The number of carbonyl (C=O) groups excluding carboxylic acids is 1. The van der Waals surface area contributed by atoms with E-state index < -0.39 is 42.0 Å². The van der Waals surface area contributed by atoms with Crippen molar-refractivity contribution in [3.8, 4) is 17.2 Å². The van der Waals surface area contributed by atoms with Gasteiger partial charge in [0.25, 0.3) is 11.4 Å². The summed E-state index contributed by atoms with van der Waals surface area (Å²) in [5.74, 6) is -2.32. The van der Waals surface area contributed by atoms with Crippen LogP contribution in [0.1, 0.15) is 17.3 Å². The first-order chi connectivity index (χ1) is 18.9. The molecule has 4 aromatic rings. The largest absolute Gasteiger partial charge is 0.505 e. The number of ketones is 1. The third-order valence-corrected chi connectivity index (χ3v) is 6.81. The molecule has 1 aromatic heterocycles. The van der Waals surface area contributed by atoms with E-state index in [9.17, 15) is 38.5 Å². The maximum Gasteiger partial charge on any atom is 0.346 e. The lowest BCUT2D eigenvalue weighted by Crippen LogP contribution is -2.13. The SMILES string of the molecule is COc1c(C(=O)/C=C(/C)Nc2ccc([N+](=O)[O-])cc2)c(O)c(S(=O)(=O)Oc2ccc([N+](=O)[O-])cc2)c2occc12. The Morgan fingerprint density at radius 3 is 2.12 bits per heavy atom. The molecule has 2 N–H and O–H groups in total. The number of rotatable bonds is 10. The smallest absolute Gasteiger partial charge is 0.346 e. The number of phenols is 1. The zero-order valence-electron chi connectivity index (χ0n) is 20.7. The van der Waals surface area contributed by atoms with Crippen molar-refractivity contribution in [1.29, 1.82) is 0 Å². The van der Waals surface area contributed by atoms with Crippen LogP contribution in [-0.2, 0) is 10.1 Å². The average molecular weight is 570 g/mol. The maximum atomic E-state index is 13.3. The molecule has 0 saturated heterocycles. The second-order valence-corrected chi connectivity index (χ2v) is 9.64. The van der Waals surface area contributed by atoms with Crippen molar-refractivity contribution in [2.45, 2.75) is 11.8 Å². The van der Waals surface area contributed by atoms with E-state index in [1.807, 2.05) is 0 Å². The number of nitro groups is 2. The van der Waals surface area contributed by atoms with Crippen LogP contribution in [0.2, 0.25) is 0 Å². The number of nitrogens with one attached hydrogen (secondary N) is 1. The lowest BCUT2D eigenvalue weighted by atomic mass is 10.0. The highest BCUT2D eigenvalue weighted by atomic mass is 32.2. The van der Waals surface area contributed by atoms with Crippen LogP contribution in [0.3, 0.4) is 0 Å². The molecule has 0 radical (unpaired) electrons. The molecule has 0 fully saturated rings. The standard InChI is InChI=1S/C25H19N3O11S/c1-14(26-15-3-5-16(6-4-15)27(31)32)13-20(29)21-22(30)25(24-19(11-12-38-24)23(21)37-2)40(35,36)39-18-9-7-17(8-10-18)28(33)34/h3-13,26,30H,1-2H3/b14-13-. The van der Waals surface area contributed by atoms with E-state index in [-0.39, 0.29) is 39.5 Å². The second kappa shape index (κ2) is 10.7. The number of nitro benzene ring substituents is 2. The number of non-ortho nitro benzene ring substituents is 2. The van der Waals surface area contributed by atoms with Gasteiger partial charge in [-0.05, 0) is 37.3 Å². The number of hydrogen-bond donors (Lipinski definition) is 2. The minimum atomic E-state index is -4.86. The van der Waals surface area contributed by atoms with Crippen LogP contribution >= 0.6 is 0 Å². The Balaban J connectivity index is 1.75. The molecule has 3 aromatic carbocycles. The average Bonchev–Trinajstić information content (AvgIpc) is 3.36. The number of anilines is 1. The van der Waals surface area contributed by atoms with Crippen LogP contribution in [0.15, 0.2) is 81.9 Å². The summed E-state index contributed by atoms with van der Waals surface area (Å²) in [6.45, 7) is 1.51. The lowest BCUT2D eigenvalue weighted by Gasteiger charge is -2.15. The number of nitrogens with zero attached hydrogens (tertiary/aromatic N) is 2. The Morgan fingerprint density at radius 1 is 1.00 bits per heavy atom. The van der Waals surface area contributed by atoms with Crippen molar-refractivity contribution in [3.05, 3.63) is 98.4 Å². The number of carbonyl (C=O) groups is 1. The second-order valence-electron chi connectivity index (χ2n) is 8.16. The van der Waals surface area contributed by atoms with Crippen molar-refractivity contribution in [3.63, 3.8) is 0 Å². The number of phenolic OH excluding ortho intramolecular Hbond substituents is 1. The van der Waals surface area contributed by atoms with Crippen LogP contribution in [0.25, 0.3) is 11.0 Å². The van der Waals surface area contributed by atoms with E-state index in [0.29, 0.717) is 5.69 Å². The van der Waals surface area contributed by atoms with E-state index in [1.54, 1.807) is 0 Å². The summed E-state index contributed by atoms with van der Waals surface area (Å²) in [5.41, 5.74) is -0.615. The summed E-state index contributed by atoms with van der Waals surface area (Å²) < 4.78 is 42.2. The zero-order chi connectivity index (χ0) is 29.2. The highest BCUT2D eigenvalue weighted by Crippen LogP contribution is 2.44. The summed E-state index contributed by atoms with van der Waals surface area (Å²) in [6, 6.07) is 10.9. The molecule has 40 heavy (non-hydrogen) atoms. The Labute approximate surface area is 225 Å². The van der Waals surface area contributed by atoms with Crippen LogP contribution in [0, 0.1) is 20.2 Å². The van der Waals surface area contributed by atoms with E-state index in [1.165, 1.54) is 44.4 Å².